The van der Waals surface area contributed by atoms with E-state index in [1.54, 1.807) is 30.5 Å². The van der Waals surface area contributed by atoms with Gasteiger partial charge in [-0.05, 0) is 31.2 Å². The molecule has 0 radical (unpaired) electrons. The highest BCUT2D eigenvalue weighted by Gasteiger charge is 2.07. The molecule has 1 heterocycles. The van der Waals surface area contributed by atoms with Gasteiger partial charge >= 0.3 is 5.97 Å². The van der Waals surface area contributed by atoms with Crippen LogP contribution in [0.25, 0.3) is 0 Å². The molecule has 0 aliphatic carbocycles. The van der Waals surface area contributed by atoms with Crippen LogP contribution < -0.4 is 4.74 Å². The van der Waals surface area contributed by atoms with E-state index in [9.17, 15) is 4.79 Å². The van der Waals surface area contributed by atoms with Crippen molar-refractivity contribution in [1.82, 2.24) is 4.98 Å². The first-order chi connectivity index (χ1) is 7.75. The number of aromatic nitrogens is 1. The van der Waals surface area contributed by atoms with E-state index in [2.05, 4.69) is 4.98 Å². The van der Waals surface area contributed by atoms with Gasteiger partial charge in [0, 0.05) is 12.4 Å². The van der Waals surface area contributed by atoms with Crippen LogP contribution in [0.4, 0.5) is 0 Å². The molecule has 2 rings (SSSR count). The average molecular weight is 286 g/mol. The minimum atomic E-state index is -0.392. The van der Waals surface area contributed by atoms with Crippen LogP contribution >= 0.6 is 24.8 Å². The van der Waals surface area contributed by atoms with Gasteiger partial charge in [-0.25, -0.2) is 4.79 Å². The number of ether oxygens (including phenoxy) is 1. The maximum absolute atomic E-state index is 11.6. The van der Waals surface area contributed by atoms with Crippen molar-refractivity contribution in [1.29, 1.82) is 0 Å². The summed E-state index contributed by atoms with van der Waals surface area (Å²) >= 11 is 0. The normalized spacial score (nSPS) is 8.72. The van der Waals surface area contributed by atoms with Gasteiger partial charge in [0.2, 0.25) is 0 Å². The van der Waals surface area contributed by atoms with Crippen LogP contribution in [-0.4, -0.2) is 11.0 Å². The SMILES string of the molecule is Cc1ccc(OC(=O)c2cccnc2)cc1.Cl.Cl. The number of hydrogen-bond donors (Lipinski definition) is 0. The quantitative estimate of drug-likeness (QED) is 0.627. The van der Waals surface area contributed by atoms with E-state index >= 15 is 0 Å². The van der Waals surface area contributed by atoms with Gasteiger partial charge in [0.05, 0.1) is 5.56 Å². The molecule has 18 heavy (non-hydrogen) atoms. The van der Waals surface area contributed by atoms with Gasteiger partial charge in [-0.2, -0.15) is 0 Å². The molecule has 0 spiro atoms. The minimum absolute atomic E-state index is 0. The fourth-order valence-electron chi connectivity index (χ4n) is 1.26. The van der Waals surface area contributed by atoms with Gasteiger partial charge in [-0.1, -0.05) is 17.7 Å². The Labute approximate surface area is 118 Å². The second kappa shape index (κ2) is 7.69. The van der Waals surface area contributed by atoms with Crippen molar-refractivity contribution in [3.05, 3.63) is 59.9 Å². The largest absolute Gasteiger partial charge is 0.423 e. The highest BCUT2D eigenvalue weighted by atomic mass is 35.5. The number of carbonyl (C=O) groups excluding carboxylic acids is 1. The Balaban J connectivity index is 0.00000144. The number of halogens is 2. The molecule has 0 bridgehead atoms. The standard InChI is InChI=1S/C13H11NO2.2ClH/c1-10-4-6-12(7-5-10)16-13(15)11-3-2-8-14-9-11;;/h2-9H,1H3;2*1H. The molecular weight excluding hydrogens is 273 g/mol. The number of benzene rings is 1. The highest BCUT2D eigenvalue weighted by Crippen LogP contribution is 2.13. The van der Waals surface area contributed by atoms with Crippen molar-refractivity contribution in [2.24, 2.45) is 0 Å². The Morgan fingerprint density at radius 3 is 2.33 bits per heavy atom. The molecule has 0 fully saturated rings. The van der Waals surface area contributed by atoms with Crippen molar-refractivity contribution < 1.29 is 9.53 Å². The van der Waals surface area contributed by atoms with E-state index in [-0.39, 0.29) is 24.8 Å². The van der Waals surface area contributed by atoms with Crippen molar-refractivity contribution in [3.63, 3.8) is 0 Å². The molecule has 5 heteroatoms. The molecule has 3 nitrogen and oxygen atoms in total. The highest BCUT2D eigenvalue weighted by molar-refractivity contribution is 5.90. The van der Waals surface area contributed by atoms with E-state index in [4.69, 9.17) is 4.74 Å². The first kappa shape index (κ1) is 16.4. The number of hydrogen-bond acceptors (Lipinski definition) is 3. The molecular formula is C13H13Cl2NO2. The molecule has 0 amide bonds. The third-order valence-corrected chi connectivity index (χ3v) is 2.13. The van der Waals surface area contributed by atoms with Crippen LogP contribution in [0.3, 0.4) is 0 Å². The molecule has 1 aromatic heterocycles. The van der Waals surface area contributed by atoms with Crippen LogP contribution in [0, 0.1) is 6.92 Å². The molecule has 2 aromatic rings. The van der Waals surface area contributed by atoms with Crippen LogP contribution in [-0.2, 0) is 0 Å². The molecule has 0 saturated carbocycles. The van der Waals surface area contributed by atoms with Gasteiger partial charge in [-0.15, -0.1) is 24.8 Å². The summed E-state index contributed by atoms with van der Waals surface area (Å²) < 4.78 is 5.18. The Morgan fingerprint density at radius 2 is 1.78 bits per heavy atom. The predicted molar refractivity (Wildman–Crippen MR) is 74.9 cm³/mol. The van der Waals surface area contributed by atoms with Crippen molar-refractivity contribution in [2.75, 3.05) is 0 Å². The maximum Gasteiger partial charge on any atom is 0.345 e. The van der Waals surface area contributed by atoms with Crippen LogP contribution in [0.2, 0.25) is 0 Å². The van der Waals surface area contributed by atoms with Crippen LogP contribution in [0.5, 0.6) is 5.75 Å². The predicted octanol–water partition coefficient (Wildman–Crippen LogP) is 3.45. The Morgan fingerprint density at radius 1 is 1.11 bits per heavy atom. The van der Waals surface area contributed by atoms with Crippen LogP contribution in [0.1, 0.15) is 15.9 Å². The van der Waals surface area contributed by atoms with Crippen molar-refractivity contribution in [3.8, 4) is 5.75 Å². The molecule has 0 atom stereocenters. The Kier molecular flexibility index (Phi) is 7.01. The fourth-order valence-corrected chi connectivity index (χ4v) is 1.26. The summed E-state index contributed by atoms with van der Waals surface area (Å²) in [6.45, 7) is 1.98. The zero-order valence-electron chi connectivity index (χ0n) is 9.70. The number of pyridine rings is 1. The number of carbonyl (C=O) groups is 1. The Hall–Kier alpha value is -1.58. The third-order valence-electron chi connectivity index (χ3n) is 2.13. The fraction of sp³-hybridized carbons (Fsp3) is 0.0769. The average Bonchev–Trinajstić information content (AvgIpc) is 2.33. The van der Waals surface area contributed by atoms with Gasteiger partial charge < -0.3 is 4.74 Å². The monoisotopic (exact) mass is 285 g/mol. The lowest BCUT2D eigenvalue weighted by Crippen LogP contribution is -2.08. The number of rotatable bonds is 2. The van der Waals surface area contributed by atoms with Crippen molar-refractivity contribution in [2.45, 2.75) is 6.92 Å². The van der Waals surface area contributed by atoms with E-state index < -0.39 is 5.97 Å². The van der Waals surface area contributed by atoms with E-state index in [1.807, 2.05) is 19.1 Å². The second-order valence-electron chi connectivity index (χ2n) is 3.44. The lowest BCUT2D eigenvalue weighted by Gasteiger charge is -2.03. The molecule has 0 aliphatic rings. The van der Waals surface area contributed by atoms with Gasteiger partial charge in [0.25, 0.3) is 0 Å². The van der Waals surface area contributed by atoms with E-state index in [1.165, 1.54) is 6.20 Å². The molecule has 0 unspecified atom stereocenters. The second-order valence-corrected chi connectivity index (χ2v) is 3.44. The molecule has 0 aliphatic heterocycles. The Bertz CT molecular complexity index is 486. The lowest BCUT2D eigenvalue weighted by molar-refractivity contribution is 0.0734. The number of esters is 1. The summed E-state index contributed by atoms with van der Waals surface area (Å²) in [7, 11) is 0. The molecule has 1 aromatic carbocycles. The summed E-state index contributed by atoms with van der Waals surface area (Å²) in [6.07, 6.45) is 3.10. The first-order valence-electron chi connectivity index (χ1n) is 4.94. The van der Waals surface area contributed by atoms with Gasteiger partial charge in [-0.3, -0.25) is 4.98 Å². The van der Waals surface area contributed by atoms with Crippen LogP contribution in [0.15, 0.2) is 48.8 Å². The summed E-state index contributed by atoms with van der Waals surface area (Å²) in [5.41, 5.74) is 1.57. The zero-order chi connectivity index (χ0) is 11.4. The lowest BCUT2D eigenvalue weighted by atomic mass is 10.2. The summed E-state index contributed by atoms with van der Waals surface area (Å²) in [4.78, 5) is 15.5. The summed E-state index contributed by atoms with van der Waals surface area (Å²) in [6, 6.07) is 10.7. The van der Waals surface area contributed by atoms with E-state index in [0.29, 0.717) is 11.3 Å². The van der Waals surface area contributed by atoms with Gasteiger partial charge in [0.1, 0.15) is 5.75 Å². The van der Waals surface area contributed by atoms with E-state index in [0.717, 1.165) is 5.56 Å². The summed E-state index contributed by atoms with van der Waals surface area (Å²) in [5, 5.41) is 0. The minimum Gasteiger partial charge on any atom is -0.423 e. The molecule has 0 saturated heterocycles. The maximum atomic E-state index is 11.6. The topological polar surface area (TPSA) is 39.2 Å². The number of nitrogens with zero attached hydrogens (tertiary/aromatic N) is 1. The first-order valence-corrected chi connectivity index (χ1v) is 4.94. The smallest absolute Gasteiger partial charge is 0.345 e. The number of aryl methyl sites for hydroxylation is 1. The van der Waals surface area contributed by atoms with Gasteiger partial charge in [0.15, 0.2) is 0 Å². The molecule has 96 valence electrons. The molecule has 0 N–H and O–H groups in total. The zero-order valence-corrected chi connectivity index (χ0v) is 11.3. The third kappa shape index (κ3) is 4.35. The summed E-state index contributed by atoms with van der Waals surface area (Å²) in [5.74, 6) is 0.149. The van der Waals surface area contributed by atoms with Crippen molar-refractivity contribution >= 4 is 30.8 Å².